The zero-order valence-electron chi connectivity index (χ0n) is 23.0. The summed E-state index contributed by atoms with van der Waals surface area (Å²) in [7, 11) is 0. The van der Waals surface area contributed by atoms with E-state index in [1.165, 1.54) is 86.9 Å². The molecule has 0 aliphatic carbocycles. The van der Waals surface area contributed by atoms with E-state index in [1.54, 1.807) is 0 Å². The van der Waals surface area contributed by atoms with Gasteiger partial charge in [0.25, 0.3) is 0 Å². The molecule has 0 saturated heterocycles. The van der Waals surface area contributed by atoms with Crippen LogP contribution in [0.3, 0.4) is 0 Å². The Bertz CT molecular complexity index is 2490. The molecule has 0 bridgehead atoms. The van der Waals surface area contributed by atoms with Crippen molar-refractivity contribution in [3.8, 4) is 22.3 Å². The largest absolute Gasteiger partial charge is 0.0622 e. The molecule has 0 saturated carbocycles. The van der Waals surface area contributed by atoms with Gasteiger partial charge < -0.3 is 0 Å². The summed E-state index contributed by atoms with van der Waals surface area (Å²) in [5, 5.41) is 15.5. The number of hydrogen-bond donors (Lipinski definition) is 0. The molecule has 9 aromatic rings. The van der Waals surface area contributed by atoms with Crippen molar-refractivity contribution in [3.63, 3.8) is 0 Å². The maximum absolute atomic E-state index is 2.48. The van der Waals surface area contributed by atoms with E-state index >= 15 is 0 Å². The molecule has 0 aliphatic rings. The highest BCUT2D eigenvalue weighted by Gasteiger charge is 2.19. The third-order valence-corrected chi connectivity index (χ3v) is 8.97. The zero-order valence-corrected chi connectivity index (χ0v) is 23.0. The van der Waals surface area contributed by atoms with Crippen molar-refractivity contribution in [3.05, 3.63) is 158 Å². The molecule has 9 rings (SSSR count). The Morgan fingerprint density at radius 3 is 1.02 bits per heavy atom. The van der Waals surface area contributed by atoms with Crippen LogP contribution in [-0.2, 0) is 0 Å². The Morgan fingerprint density at radius 2 is 0.548 bits per heavy atom. The molecule has 0 amide bonds. The first kappa shape index (κ1) is 23.3. The Balaban J connectivity index is 1.58. The third-order valence-electron chi connectivity index (χ3n) is 8.97. The highest BCUT2D eigenvalue weighted by atomic mass is 14.2. The van der Waals surface area contributed by atoms with Gasteiger partial charge in [-0.3, -0.25) is 0 Å². The van der Waals surface area contributed by atoms with Gasteiger partial charge in [0.2, 0.25) is 0 Å². The molecule has 0 heteroatoms. The van der Waals surface area contributed by atoms with Crippen LogP contribution in [0.1, 0.15) is 0 Å². The van der Waals surface area contributed by atoms with Crippen LogP contribution < -0.4 is 0 Å². The Hall–Kier alpha value is -5.46. The van der Waals surface area contributed by atoms with Crippen LogP contribution >= 0.6 is 0 Å². The van der Waals surface area contributed by atoms with Gasteiger partial charge in [0.1, 0.15) is 0 Å². The molecule has 0 nitrogen and oxygen atoms in total. The summed E-state index contributed by atoms with van der Waals surface area (Å²) < 4.78 is 0. The van der Waals surface area contributed by atoms with Gasteiger partial charge in [-0.05, 0) is 111 Å². The fraction of sp³-hybridized carbons (Fsp3) is 0. The van der Waals surface area contributed by atoms with Crippen LogP contribution in [0.5, 0.6) is 0 Å². The van der Waals surface area contributed by atoms with Gasteiger partial charge in [-0.25, -0.2) is 0 Å². The minimum absolute atomic E-state index is 1.24. The minimum atomic E-state index is 1.24. The first-order valence-corrected chi connectivity index (χ1v) is 14.6. The van der Waals surface area contributed by atoms with Crippen molar-refractivity contribution in [2.45, 2.75) is 0 Å². The lowest BCUT2D eigenvalue weighted by molar-refractivity contribution is 1.66. The molecular weight excluding hydrogens is 504 g/mol. The predicted octanol–water partition coefficient (Wildman–Crippen LogP) is 11.9. The van der Waals surface area contributed by atoms with Crippen LogP contribution in [0.2, 0.25) is 0 Å². The van der Waals surface area contributed by atoms with E-state index in [-0.39, 0.29) is 0 Å². The number of rotatable bonds is 2. The quantitative estimate of drug-likeness (QED) is 0.154. The summed E-state index contributed by atoms with van der Waals surface area (Å²) in [5.41, 5.74) is 5.08. The fourth-order valence-electron chi connectivity index (χ4n) is 7.14. The summed E-state index contributed by atoms with van der Waals surface area (Å²) in [6.07, 6.45) is 0. The summed E-state index contributed by atoms with van der Waals surface area (Å²) in [4.78, 5) is 0. The van der Waals surface area contributed by atoms with Crippen molar-refractivity contribution in [1.82, 2.24) is 0 Å². The smallest absolute Gasteiger partial charge is 0.00261 e. The van der Waals surface area contributed by atoms with Crippen LogP contribution in [0.25, 0.3) is 86.9 Å². The van der Waals surface area contributed by atoms with Crippen LogP contribution in [-0.4, -0.2) is 0 Å². The SMILES string of the molecule is c1ccc(-c2c3ccccc3c(-c3ccccc3)c3cc4c5cc6ccccc6cc5c5ccccc5c4cc23)cc1. The van der Waals surface area contributed by atoms with Gasteiger partial charge >= 0.3 is 0 Å². The lowest BCUT2D eigenvalue weighted by atomic mass is 9.83. The molecule has 0 spiro atoms. The predicted molar refractivity (Wildman–Crippen MR) is 182 cm³/mol. The second kappa shape index (κ2) is 9.03. The first-order valence-electron chi connectivity index (χ1n) is 14.6. The van der Waals surface area contributed by atoms with Crippen molar-refractivity contribution < 1.29 is 0 Å². The van der Waals surface area contributed by atoms with E-state index in [0.29, 0.717) is 0 Å². The van der Waals surface area contributed by atoms with Crippen molar-refractivity contribution in [2.24, 2.45) is 0 Å². The lowest BCUT2D eigenvalue weighted by Gasteiger charge is -2.20. The normalized spacial score (nSPS) is 11.8. The molecule has 0 atom stereocenters. The molecule has 0 N–H and O–H groups in total. The van der Waals surface area contributed by atoms with Gasteiger partial charge in [-0.1, -0.05) is 133 Å². The zero-order chi connectivity index (χ0) is 27.6. The van der Waals surface area contributed by atoms with E-state index in [0.717, 1.165) is 0 Å². The summed E-state index contributed by atoms with van der Waals surface area (Å²) >= 11 is 0. The van der Waals surface area contributed by atoms with Gasteiger partial charge in [-0.2, -0.15) is 0 Å². The molecule has 42 heavy (non-hydrogen) atoms. The van der Waals surface area contributed by atoms with Crippen LogP contribution in [0, 0.1) is 0 Å². The van der Waals surface area contributed by atoms with E-state index in [4.69, 9.17) is 0 Å². The maximum atomic E-state index is 2.48. The monoisotopic (exact) mass is 530 g/mol. The number of fused-ring (bicyclic) bond motifs is 9. The molecular formula is C42H26. The molecule has 194 valence electrons. The van der Waals surface area contributed by atoms with Crippen molar-refractivity contribution in [2.75, 3.05) is 0 Å². The minimum Gasteiger partial charge on any atom is -0.0622 e. The average Bonchev–Trinajstić information content (AvgIpc) is 3.06. The molecule has 0 fully saturated rings. The summed E-state index contributed by atoms with van der Waals surface area (Å²) in [6, 6.07) is 58.1. The van der Waals surface area contributed by atoms with Crippen molar-refractivity contribution in [1.29, 1.82) is 0 Å². The Labute approximate surface area is 244 Å². The van der Waals surface area contributed by atoms with E-state index in [2.05, 4.69) is 158 Å². The second-order valence-electron chi connectivity index (χ2n) is 11.3. The second-order valence-corrected chi connectivity index (χ2v) is 11.3. The van der Waals surface area contributed by atoms with Gasteiger partial charge in [0.05, 0.1) is 0 Å². The lowest BCUT2D eigenvalue weighted by Crippen LogP contribution is -1.92. The summed E-state index contributed by atoms with van der Waals surface area (Å²) in [6.45, 7) is 0. The molecule has 0 unspecified atom stereocenters. The highest BCUT2D eigenvalue weighted by Crippen LogP contribution is 2.47. The maximum Gasteiger partial charge on any atom is -0.00261 e. The average molecular weight is 531 g/mol. The van der Waals surface area contributed by atoms with Crippen LogP contribution in [0.15, 0.2) is 158 Å². The molecule has 0 radical (unpaired) electrons. The Kier molecular flexibility index (Phi) is 5.00. The van der Waals surface area contributed by atoms with E-state index in [1.807, 2.05) is 0 Å². The van der Waals surface area contributed by atoms with Gasteiger partial charge in [0.15, 0.2) is 0 Å². The van der Waals surface area contributed by atoms with Crippen LogP contribution in [0.4, 0.5) is 0 Å². The van der Waals surface area contributed by atoms with E-state index < -0.39 is 0 Å². The molecule has 0 heterocycles. The standard InChI is InChI=1S/C42H26/c1-3-13-27(14-4-1)41-33-21-11-12-22-34(33)42(28-15-5-2-6-16-28)40-26-38-36-24-30-18-8-7-17-29(30)23-35(36)31-19-9-10-20-32(31)37(38)25-39(40)41/h1-26H. The third kappa shape index (κ3) is 3.36. The van der Waals surface area contributed by atoms with Gasteiger partial charge in [-0.15, -0.1) is 0 Å². The molecule has 0 aromatic heterocycles. The van der Waals surface area contributed by atoms with E-state index in [9.17, 15) is 0 Å². The molecule has 9 aromatic carbocycles. The highest BCUT2D eigenvalue weighted by molar-refractivity contribution is 6.32. The Morgan fingerprint density at radius 1 is 0.214 bits per heavy atom. The number of benzene rings is 9. The topological polar surface area (TPSA) is 0 Å². The molecule has 0 aliphatic heterocycles. The van der Waals surface area contributed by atoms with Crippen molar-refractivity contribution >= 4 is 64.6 Å². The number of hydrogen-bond acceptors (Lipinski definition) is 0. The summed E-state index contributed by atoms with van der Waals surface area (Å²) in [5.74, 6) is 0. The van der Waals surface area contributed by atoms with Gasteiger partial charge in [0, 0.05) is 0 Å². The first-order chi connectivity index (χ1) is 20.8. The fourth-order valence-corrected chi connectivity index (χ4v) is 7.14.